The summed E-state index contributed by atoms with van der Waals surface area (Å²) >= 11 is 5.93. The third-order valence-corrected chi connectivity index (χ3v) is 5.63. The molecule has 1 rings (SSSR count). The number of carbonyl (C=O) groups excluding carboxylic acids is 1. The summed E-state index contributed by atoms with van der Waals surface area (Å²) in [5.74, 6) is -1.05. The Bertz CT molecular complexity index is 796. The normalized spacial score (nSPS) is 14.7. The highest BCUT2D eigenvalue weighted by Crippen LogP contribution is 2.33. The molecule has 0 bridgehead atoms. The van der Waals surface area contributed by atoms with Gasteiger partial charge in [0.05, 0.1) is 5.02 Å². The monoisotopic (exact) mass is 428 g/mol. The molecule has 0 unspecified atom stereocenters. The maximum atomic E-state index is 13.3. The van der Waals surface area contributed by atoms with E-state index in [9.17, 15) is 26.4 Å². The minimum absolute atomic E-state index is 0.147. The third-order valence-electron chi connectivity index (χ3n) is 3.39. The van der Waals surface area contributed by atoms with E-state index in [0.29, 0.717) is 0 Å². The van der Waals surface area contributed by atoms with Crippen molar-refractivity contribution in [2.45, 2.75) is 64.2 Å². The minimum Gasteiger partial charge on any atom is -0.340 e. The Labute approximate surface area is 162 Å². The van der Waals surface area contributed by atoms with Crippen molar-refractivity contribution in [2.24, 2.45) is 5.41 Å². The van der Waals surface area contributed by atoms with Crippen LogP contribution in [0.1, 0.15) is 51.9 Å². The molecule has 0 radical (unpaired) electrons. The van der Waals surface area contributed by atoms with Gasteiger partial charge < -0.3 is 5.32 Å². The Morgan fingerprint density at radius 2 is 1.59 bits per heavy atom. The van der Waals surface area contributed by atoms with Crippen LogP contribution in [0.15, 0.2) is 23.1 Å². The van der Waals surface area contributed by atoms with Gasteiger partial charge in [-0.1, -0.05) is 32.4 Å². The van der Waals surface area contributed by atoms with Crippen LogP contribution in [0.4, 0.5) is 13.2 Å². The van der Waals surface area contributed by atoms with Crippen molar-refractivity contribution in [3.63, 3.8) is 0 Å². The molecule has 27 heavy (non-hydrogen) atoms. The number of carbonyl (C=O) groups is 1. The predicted molar refractivity (Wildman–Crippen MR) is 98.3 cm³/mol. The van der Waals surface area contributed by atoms with Gasteiger partial charge in [-0.05, 0) is 44.4 Å². The van der Waals surface area contributed by atoms with Crippen LogP contribution in [-0.4, -0.2) is 32.1 Å². The second-order valence-corrected chi connectivity index (χ2v) is 10.4. The quantitative estimate of drug-likeness (QED) is 0.757. The second kappa shape index (κ2) is 7.60. The average Bonchev–Trinajstić information content (AvgIpc) is 2.39. The first-order valence-electron chi connectivity index (χ1n) is 8.06. The van der Waals surface area contributed by atoms with Gasteiger partial charge >= 0.3 is 6.18 Å². The molecular weight excluding hydrogens is 405 g/mol. The van der Waals surface area contributed by atoms with Gasteiger partial charge in [0.2, 0.25) is 10.0 Å². The molecule has 0 saturated carbocycles. The third kappa shape index (κ3) is 6.65. The number of hydrogen-bond donors (Lipinski definition) is 2. The molecule has 1 aromatic carbocycles. The molecule has 0 aliphatic heterocycles. The fraction of sp³-hybridized carbons (Fsp3) is 0.588. The fourth-order valence-corrected chi connectivity index (χ4v) is 4.26. The lowest BCUT2D eigenvalue weighted by Gasteiger charge is -2.33. The van der Waals surface area contributed by atoms with E-state index in [0.717, 1.165) is 12.1 Å². The molecule has 2 N–H and O–H groups in total. The molecular formula is C17H24ClF3N2O3S. The molecule has 154 valence electrons. The molecule has 0 spiro atoms. The number of halogens is 4. The van der Waals surface area contributed by atoms with Crippen LogP contribution in [0.5, 0.6) is 0 Å². The number of nitrogens with one attached hydrogen (secondary N) is 2. The van der Waals surface area contributed by atoms with Gasteiger partial charge in [-0.3, -0.25) is 4.79 Å². The Morgan fingerprint density at radius 3 is 2.00 bits per heavy atom. The predicted octanol–water partition coefficient (Wildman–Crippen LogP) is 4.12. The summed E-state index contributed by atoms with van der Waals surface area (Å²) in [7, 11) is -4.07. The van der Waals surface area contributed by atoms with Crippen LogP contribution in [0.25, 0.3) is 0 Å². The highest BCUT2D eigenvalue weighted by atomic mass is 35.5. The Balaban J connectivity index is 3.28. The van der Waals surface area contributed by atoms with Gasteiger partial charge in [0.25, 0.3) is 5.91 Å². The van der Waals surface area contributed by atoms with Crippen molar-refractivity contribution >= 4 is 27.5 Å². The average molecular weight is 429 g/mol. The van der Waals surface area contributed by atoms with Crippen LogP contribution < -0.4 is 10.0 Å². The maximum Gasteiger partial charge on any atom is 0.409 e. The lowest BCUT2D eigenvalue weighted by Crippen LogP contribution is -2.53. The standard InChI is InChI=1S/C17H24ClF3N2O3S/c1-15(2,3)14(17(19,20)21)22-13(24)10-7-8-11(18)12(9-10)27(25,26)23-16(4,5)6/h7-9,14,23H,1-6H3,(H,22,24)/t14-/m1/s1. The van der Waals surface area contributed by atoms with Crippen LogP contribution in [0, 0.1) is 5.41 Å². The zero-order chi connectivity index (χ0) is 21.4. The summed E-state index contributed by atoms with van der Waals surface area (Å²) < 4.78 is 67.1. The van der Waals surface area contributed by atoms with E-state index in [2.05, 4.69) is 4.72 Å². The molecule has 5 nitrogen and oxygen atoms in total. The van der Waals surface area contributed by atoms with Crippen molar-refractivity contribution in [1.82, 2.24) is 10.0 Å². The number of alkyl halides is 3. The van der Waals surface area contributed by atoms with E-state index in [1.807, 2.05) is 5.32 Å². The van der Waals surface area contributed by atoms with Crippen molar-refractivity contribution in [3.05, 3.63) is 28.8 Å². The van der Waals surface area contributed by atoms with Gasteiger partial charge in [0.15, 0.2) is 0 Å². The summed E-state index contributed by atoms with van der Waals surface area (Å²) in [6, 6.07) is 1.18. The molecule has 1 aromatic rings. The first kappa shape index (κ1) is 23.7. The van der Waals surface area contributed by atoms with Crippen molar-refractivity contribution in [2.75, 3.05) is 0 Å². The molecule has 0 aliphatic rings. The van der Waals surface area contributed by atoms with E-state index in [4.69, 9.17) is 11.6 Å². The highest BCUT2D eigenvalue weighted by Gasteiger charge is 2.47. The summed E-state index contributed by atoms with van der Waals surface area (Å²) in [4.78, 5) is 12.0. The minimum atomic E-state index is -4.66. The van der Waals surface area contributed by atoms with Gasteiger partial charge in [0, 0.05) is 11.1 Å². The molecule has 0 aromatic heterocycles. The lowest BCUT2D eigenvalue weighted by atomic mass is 9.86. The highest BCUT2D eigenvalue weighted by molar-refractivity contribution is 7.89. The van der Waals surface area contributed by atoms with Crippen molar-refractivity contribution in [3.8, 4) is 0 Å². The molecule has 0 saturated heterocycles. The van der Waals surface area contributed by atoms with E-state index >= 15 is 0 Å². The molecule has 1 atom stereocenters. The van der Waals surface area contributed by atoms with Crippen molar-refractivity contribution < 1.29 is 26.4 Å². The fourth-order valence-electron chi connectivity index (χ4n) is 2.31. The van der Waals surface area contributed by atoms with Gasteiger partial charge in [0.1, 0.15) is 10.9 Å². The first-order valence-corrected chi connectivity index (χ1v) is 9.92. The number of rotatable bonds is 4. The van der Waals surface area contributed by atoms with Gasteiger partial charge in [-0.15, -0.1) is 0 Å². The first-order chi connectivity index (χ1) is 11.8. The number of sulfonamides is 1. The van der Waals surface area contributed by atoms with Crippen LogP contribution in [0.3, 0.4) is 0 Å². The largest absolute Gasteiger partial charge is 0.409 e. The summed E-state index contributed by atoms with van der Waals surface area (Å²) in [6.45, 7) is 8.88. The Kier molecular flexibility index (Phi) is 6.67. The maximum absolute atomic E-state index is 13.3. The van der Waals surface area contributed by atoms with Gasteiger partial charge in [-0.2, -0.15) is 13.2 Å². The number of benzene rings is 1. The summed E-state index contributed by atoms with van der Waals surface area (Å²) in [6.07, 6.45) is -4.66. The number of amides is 1. The summed E-state index contributed by atoms with van der Waals surface area (Å²) in [5, 5.41) is 1.79. The zero-order valence-corrected chi connectivity index (χ0v) is 17.5. The van der Waals surface area contributed by atoms with E-state index in [-0.39, 0.29) is 15.5 Å². The SMILES string of the molecule is CC(C)(C)NS(=O)(=O)c1cc(C(=O)N[C@H](C(C)(C)C)C(F)(F)F)ccc1Cl. The molecule has 0 aliphatic carbocycles. The van der Waals surface area contributed by atoms with Crippen LogP contribution in [0.2, 0.25) is 5.02 Å². The van der Waals surface area contributed by atoms with Gasteiger partial charge in [-0.25, -0.2) is 13.1 Å². The van der Waals surface area contributed by atoms with E-state index in [1.54, 1.807) is 20.8 Å². The Hall–Kier alpha value is -1.32. The number of hydrogen-bond acceptors (Lipinski definition) is 3. The molecule has 10 heteroatoms. The molecule has 0 heterocycles. The molecule has 1 amide bonds. The van der Waals surface area contributed by atoms with Crippen LogP contribution >= 0.6 is 11.6 Å². The van der Waals surface area contributed by atoms with Crippen molar-refractivity contribution in [1.29, 1.82) is 0 Å². The zero-order valence-electron chi connectivity index (χ0n) is 16.0. The smallest absolute Gasteiger partial charge is 0.340 e. The van der Waals surface area contributed by atoms with Crippen LogP contribution in [-0.2, 0) is 10.0 Å². The lowest BCUT2D eigenvalue weighted by molar-refractivity contribution is -0.174. The topological polar surface area (TPSA) is 75.3 Å². The molecule has 0 fully saturated rings. The van der Waals surface area contributed by atoms with E-state index in [1.165, 1.54) is 26.8 Å². The van der Waals surface area contributed by atoms with E-state index < -0.39 is 39.1 Å². The second-order valence-electron chi connectivity index (χ2n) is 8.31. The summed E-state index contributed by atoms with van der Waals surface area (Å²) in [5.41, 5.74) is -2.34. The Morgan fingerprint density at radius 1 is 1.07 bits per heavy atom.